The molecule has 2 amide bonds. The van der Waals surface area contributed by atoms with Crippen molar-refractivity contribution in [3.8, 4) is 0 Å². The topological polar surface area (TPSA) is 77.9 Å². The highest BCUT2D eigenvalue weighted by Gasteiger charge is 2.38. The zero-order chi connectivity index (χ0) is 18.0. The van der Waals surface area contributed by atoms with Crippen LogP contribution in [0.1, 0.15) is 19.3 Å². The Labute approximate surface area is 151 Å². The van der Waals surface area contributed by atoms with Gasteiger partial charge in [0.05, 0.1) is 11.8 Å². The maximum atomic E-state index is 12.7. The number of carboxylic acid groups (broad SMARTS) is 1. The summed E-state index contributed by atoms with van der Waals surface area (Å²) in [5.74, 6) is -1.55. The number of carbonyl (C=O) groups is 3. The van der Waals surface area contributed by atoms with Crippen molar-refractivity contribution in [3.63, 3.8) is 0 Å². The van der Waals surface area contributed by atoms with Crippen LogP contribution in [0.2, 0.25) is 0 Å². The monoisotopic (exact) mass is 362 g/mol. The van der Waals surface area contributed by atoms with Gasteiger partial charge < -0.3 is 14.9 Å². The summed E-state index contributed by atoms with van der Waals surface area (Å²) in [6.07, 6.45) is 3.18. The fraction of sp³-hybridized carbons (Fsp3) is 0.500. The Kier molecular flexibility index (Phi) is 5.32. The molecule has 0 aliphatic carbocycles. The molecule has 1 aromatic rings. The molecule has 1 aromatic carbocycles. The Morgan fingerprint density at radius 2 is 1.92 bits per heavy atom. The third-order valence-electron chi connectivity index (χ3n) is 5.00. The Morgan fingerprint density at radius 3 is 2.56 bits per heavy atom. The van der Waals surface area contributed by atoms with Gasteiger partial charge in [0.15, 0.2) is 0 Å². The molecule has 1 N–H and O–H groups in total. The highest BCUT2D eigenvalue weighted by molar-refractivity contribution is 7.98. The number of thioether (sulfide) groups is 1. The SMILES string of the molecule is CSc1cccc(N2CC(C(=O)N3CCC(C(=O)O)CC3)CC2=O)c1. The molecule has 0 aromatic heterocycles. The average molecular weight is 362 g/mol. The van der Waals surface area contributed by atoms with Crippen molar-refractivity contribution in [2.45, 2.75) is 24.2 Å². The second kappa shape index (κ2) is 7.47. The summed E-state index contributed by atoms with van der Waals surface area (Å²) in [6.45, 7) is 1.32. The van der Waals surface area contributed by atoms with E-state index in [4.69, 9.17) is 5.11 Å². The predicted octanol–water partition coefficient (Wildman–Crippen LogP) is 2.08. The van der Waals surface area contributed by atoms with Gasteiger partial charge in [-0.15, -0.1) is 11.8 Å². The van der Waals surface area contributed by atoms with Crippen LogP contribution in [0.4, 0.5) is 5.69 Å². The van der Waals surface area contributed by atoms with Crippen LogP contribution in [0, 0.1) is 11.8 Å². The molecule has 134 valence electrons. The number of anilines is 1. The molecule has 0 radical (unpaired) electrons. The van der Waals surface area contributed by atoms with Crippen molar-refractivity contribution in [1.82, 2.24) is 4.90 Å². The Morgan fingerprint density at radius 1 is 1.20 bits per heavy atom. The lowest BCUT2D eigenvalue weighted by molar-refractivity contribution is -0.146. The van der Waals surface area contributed by atoms with E-state index in [0.717, 1.165) is 10.6 Å². The minimum atomic E-state index is -0.789. The van der Waals surface area contributed by atoms with Crippen molar-refractivity contribution >= 4 is 35.2 Å². The van der Waals surface area contributed by atoms with Crippen LogP contribution < -0.4 is 4.90 Å². The molecule has 2 fully saturated rings. The second-order valence-corrected chi connectivity index (χ2v) is 7.42. The molecule has 3 rings (SSSR count). The third-order valence-corrected chi connectivity index (χ3v) is 5.72. The smallest absolute Gasteiger partial charge is 0.306 e. The average Bonchev–Trinajstić information content (AvgIpc) is 3.03. The lowest BCUT2D eigenvalue weighted by Crippen LogP contribution is -2.43. The molecule has 2 aliphatic heterocycles. The highest BCUT2D eigenvalue weighted by Crippen LogP contribution is 2.30. The van der Waals surface area contributed by atoms with Crippen LogP contribution in [0.25, 0.3) is 0 Å². The van der Waals surface area contributed by atoms with E-state index < -0.39 is 5.97 Å². The van der Waals surface area contributed by atoms with Crippen molar-refractivity contribution < 1.29 is 19.5 Å². The Hall–Kier alpha value is -2.02. The van der Waals surface area contributed by atoms with Crippen molar-refractivity contribution in [1.29, 1.82) is 0 Å². The predicted molar refractivity (Wildman–Crippen MR) is 95.6 cm³/mol. The number of likely N-dealkylation sites (tertiary alicyclic amines) is 1. The van der Waals surface area contributed by atoms with Crippen LogP contribution in [0.5, 0.6) is 0 Å². The molecule has 2 heterocycles. The van der Waals surface area contributed by atoms with E-state index in [1.165, 1.54) is 0 Å². The fourth-order valence-electron chi connectivity index (χ4n) is 3.51. The molecule has 0 spiro atoms. The van der Waals surface area contributed by atoms with Crippen LogP contribution in [0.3, 0.4) is 0 Å². The number of hydrogen-bond acceptors (Lipinski definition) is 4. The molecular formula is C18H22N2O4S. The second-order valence-electron chi connectivity index (χ2n) is 6.54. The molecule has 1 atom stereocenters. The molecule has 7 heteroatoms. The van der Waals surface area contributed by atoms with Gasteiger partial charge >= 0.3 is 5.97 Å². The largest absolute Gasteiger partial charge is 0.481 e. The molecule has 0 bridgehead atoms. The van der Waals surface area contributed by atoms with Gasteiger partial charge in [-0.1, -0.05) is 6.07 Å². The zero-order valence-corrected chi connectivity index (χ0v) is 15.0. The van der Waals surface area contributed by atoms with Gasteiger partial charge in [-0.25, -0.2) is 0 Å². The normalized spacial score (nSPS) is 21.6. The molecule has 0 saturated carbocycles. The minimum Gasteiger partial charge on any atom is -0.481 e. The first-order chi connectivity index (χ1) is 12.0. The lowest BCUT2D eigenvalue weighted by atomic mass is 9.95. The van der Waals surface area contributed by atoms with E-state index in [1.54, 1.807) is 21.6 Å². The molecular weight excluding hydrogens is 340 g/mol. The summed E-state index contributed by atoms with van der Waals surface area (Å²) in [6, 6.07) is 7.76. The van der Waals surface area contributed by atoms with Gasteiger partial charge in [0, 0.05) is 36.6 Å². The van der Waals surface area contributed by atoms with E-state index >= 15 is 0 Å². The van der Waals surface area contributed by atoms with Crippen LogP contribution in [-0.4, -0.2) is 53.7 Å². The quantitative estimate of drug-likeness (QED) is 0.830. The maximum Gasteiger partial charge on any atom is 0.306 e. The minimum absolute atomic E-state index is 0.0271. The maximum absolute atomic E-state index is 12.7. The van der Waals surface area contributed by atoms with E-state index in [0.29, 0.717) is 32.5 Å². The number of piperidine rings is 1. The summed E-state index contributed by atoms with van der Waals surface area (Å²) < 4.78 is 0. The molecule has 25 heavy (non-hydrogen) atoms. The van der Waals surface area contributed by atoms with Crippen molar-refractivity contribution in [3.05, 3.63) is 24.3 Å². The number of carbonyl (C=O) groups excluding carboxylic acids is 2. The number of hydrogen-bond donors (Lipinski definition) is 1. The summed E-state index contributed by atoms with van der Waals surface area (Å²) in [7, 11) is 0. The van der Waals surface area contributed by atoms with E-state index in [9.17, 15) is 14.4 Å². The number of carboxylic acids is 1. The van der Waals surface area contributed by atoms with Gasteiger partial charge in [0.1, 0.15) is 0 Å². The van der Waals surface area contributed by atoms with Crippen LogP contribution in [0.15, 0.2) is 29.2 Å². The Bertz CT molecular complexity index is 685. The van der Waals surface area contributed by atoms with Gasteiger partial charge in [-0.3, -0.25) is 14.4 Å². The van der Waals surface area contributed by atoms with Gasteiger partial charge in [0.25, 0.3) is 0 Å². The summed E-state index contributed by atoms with van der Waals surface area (Å²) in [5.41, 5.74) is 0.830. The summed E-state index contributed by atoms with van der Waals surface area (Å²) in [4.78, 5) is 40.6. The Balaban J connectivity index is 1.64. The van der Waals surface area contributed by atoms with E-state index in [-0.39, 0.29) is 30.1 Å². The summed E-state index contributed by atoms with van der Waals surface area (Å²) in [5, 5.41) is 9.06. The van der Waals surface area contributed by atoms with Gasteiger partial charge in [-0.05, 0) is 37.3 Å². The van der Waals surface area contributed by atoms with Gasteiger partial charge in [-0.2, -0.15) is 0 Å². The van der Waals surface area contributed by atoms with Crippen LogP contribution >= 0.6 is 11.8 Å². The first kappa shape index (κ1) is 17.8. The molecule has 6 nitrogen and oxygen atoms in total. The standard InChI is InChI=1S/C18H22N2O4S/c1-25-15-4-2-3-14(10-15)20-11-13(9-16(20)21)17(22)19-7-5-12(6-8-19)18(23)24/h2-4,10,12-13H,5-9,11H2,1H3,(H,23,24). The van der Waals surface area contributed by atoms with Crippen molar-refractivity contribution in [2.24, 2.45) is 11.8 Å². The highest BCUT2D eigenvalue weighted by atomic mass is 32.2. The number of nitrogens with zero attached hydrogens (tertiary/aromatic N) is 2. The number of rotatable bonds is 4. The van der Waals surface area contributed by atoms with E-state index in [2.05, 4.69) is 0 Å². The first-order valence-corrected chi connectivity index (χ1v) is 9.68. The lowest BCUT2D eigenvalue weighted by Gasteiger charge is -2.31. The third kappa shape index (κ3) is 3.81. The first-order valence-electron chi connectivity index (χ1n) is 8.45. The van der Waals surface area contributed by atoms with Crippen molar-refractivity contribution in [2.75, 3.05) is 30.8 Å². The summed E-state index contributed by atoms with van der Waals surface area (Å²) >= 11 is 1.61. The number of amides is 2. The number of aliphatic carboxylic acids is 1. The molecule has 2 aliphatic rings. The van der Waals surface area contributed by atoms with E-state index in [1.807, 2.05) is 30.5 Å². The zero-order valence-electron chi connectivity index (χ0n) is 14.2. The molecule has 2 saturated heterocycles. The van der Waals surface area contributed by atoms with Crippen LogP contribution in [-0.2, 0) is 14.4 Å². The fourth-order valence-corrected chi connectivity index (χ4v) is 3.96. The number of benzene rings is 1. The molecule has 1 unspecified atom stereocenters. The van der Waals surface area contributed by atoms with Gasteiger partial charge in [0.2, 0.25) is 11.8 Å².